The normalized spacial score (nSPS) is 10.1. The first-order valence-electron chi connectivity index (χ1n) is 5.46. The fraction of sp³-hybridized carbons (Fsp3) is 0.583. The van der Waals surface area contributed by atoms with Crippen molar-refractivity contribution in [3.8, 4) is 5.75 Å². The third kappa shape index (κ3) is 4.85. The number of nitrogens with zero attached hydrogens (tertiary/aromatic N) is 1. The molecule has 1 aromatic heterocycles. The summed E-state index contributed by atoms with van der Waals surface area (Å²) in [5.41, 5.74) is 0. The van der Waals surface area contributed by atoms with E-state index in [-0.39, 0.29) is 0 Å². The lowest BCUT2D eigenvalue weighted by atomic mass is 10.2. The molecular formula is C12H19NO. The molecule has 0 aliphatic rings. The van der Waals surface area contributed by atoms with Crippen molar-refractivity contribution in [1.29, 1.82) is 0 Å². The van der Waals surface area contributed by atoms with Crippen LogP contribution < -0.4 is 4.74 Å². The SMILES string of the molecule is CCCCCCCOc1cccnc1. The van der Waals surface area contributed by atoms with Crippen LogP contribution in [0.5, 0.6) is 5.75 Å². The lowest BCUT2D eigenvalue weighted by molar-refractivity contribution is 0.303. The Morgan fingerprint density at radius 1 is 1.21 bits per heavy atom. The Labute approximate surface area is 86.3 Å². The molecule has 78 valence electrons. The van der Waals surface area contributed by atoms with Crippen molar-refractivity contribution in [2.24, 2.45) is 0 Å². The summed E-state index contributed by atoms with van der Waals surface area (Å²) >= 11 is 0. The summed E-state index contributed by atoms with van der Waals surface area (Å²) in [4.78, 5) is 3.99. The lowest BCUT2D eigenvalue weighted by Crippen LogP contribution is -1.97. The zero-order valence-electron chi connectivity index (χ0n) is 8.91. The zero-order chi connectivity index (χ0) is 10.1. The summed E-state index contributed by atoms with van der Waals surface area (Å²) in [5, 5.41) is 0. The molecule has 0 bridgehead atoms. The topological polar surface area (TPSA) is 22.1 Å². The van der Waals surface area contributed by atoms with Crippen molar-refractivity contribution in [2.75, 3.05) is 6.61 Å². The van der Waals surface area contributed by atoms with Gasteiger partial charge in [-0.2, -0.15) is 0 Å². The Bertz CT molecular complexity index is 223. The lowest BCUT2D eigenvalue weighted by Gasteiger charge is -2.04. The molecule has 14 heavy (non-hydrogen) atoms. The maximum absolute atomic E-state index is 5.52. The molecule has 0 saturated carbocycles. The first-order valence-corrected chi connectivity index (χ1v) is 5.46. The van der Waals surface area contributed by atoms with Crippen LogP contribution in [0.15, 0.2) is 24.5 Å². The van der Waals surface area contributed by atoms with E-state index in [9.17, 15) is 0 Å². The van der Waals surface area contributed by atoms with Crippen molar-refractivity contribution in [2.45, 2.75) is 39.0 Å². The largest absolute Gasteiger partial charge is 0.492 e. The Balaban J connectivity index is 1.99. The second kappa shape index (κ2) is 7.36. The molecule has 0 aromatic carbocycles. The van der Waals surface area contributed by atoms with Crippen LogP contribution in [-0.2, 0) is 0 Å². The predicted molar refractivity (Wildman–Crippen MR) is 58.5 cm³/mol. The van der Waals surface area contributed by atoms with E-state index >= 15 is 0 Å². The van der Waals surface area contributed by atoms with Crippen LogP contribution in [0.3, 0.4) is 0 Å². The van der Waals surface area contributed by atoms with Crippen molar-refractivity contribution >= 4 is 0 Å². The van der Waals surface area contributed by atoms with Crippen molar-refractivity contribution in [1.82, 2.24) is 4.98 Å². The fourth-order valence-corrected chi connectivity index (χ4v) is 1.33. The third-order valence-electron chi connectivity index (χ3n) is 2.15. The highest BCUT2D eigenvalue weighted by atomic mass is 16.5. The number of unbranched alkanes of at least 4 members (excludes halogenated alkanes) is 4. The van der Waals surface area contributed by atoms with Crippen LogP contribution in [0.4, 0.5) is 0 Å². The molecule has 0 N–H and O–H groups in total. The molecule has 0 spiro atoms. The van der Waals surface area contributed by atoms with Gasteiger partial charge in [-0.15, -0.1) is 0 Å². The molecule has 0 fully saturated rings. The van der Waals surface area contributed by atoms with Gasteiger partial charge in [-0.05, 0) is 18.6 Å². The third-order valence-corrected chi connectivity index (χ3v) is 2.15. The van der Waals surface area contributed by atoms with Crippen LogP contribution >= 0.6 is 0 Å². The Hall–Kier alpha value is -1.05. The van der Waals surface area contributed by atoms with Crippen LogP contribution in [0.2, 0.25) is 0 Å². The maximum atomic E-state index is 5.52. The van der Waals surface area contributed by atoms with Gasteiger partial charge in [0.2, 0.25) is 0 Å². The molecule has 0 aliphatic heterocycles. The van der Waals surface area contributed by atoms with Crippen LogP contribution in [0, 0.1) is 0 Å². The van der Waals surface area contributed by atoms with E-state index in [4.69, 9.17) is 4.74 Å². The summed E-state index contributed by atoms with van der Waals surface area (Å²) in [7, 11) is 0. The molecule has 1 aromatic rings. The van der Waals surface area contributed by atoms with E-state index in [1.54, 1.807) is 12.4 Å². The second-order valence-corrected chi connectivity index (χ2v) is 3.45. The smallest absolute Gasteiger partial charge is 0.137 e. The van der Waals surface area contributed by atoms with Crippen molar-refractivity contribution < 1.29 is 4.74 Å². The van der Waals surface area contributed by atoms with Gasteiger partial charge in [-0.1, -0.05) is 32.6 Å². The quantitative estimate of drug-likeness (QED) is 0.619. The highest BCUT2D eigenvalue weighted by molar-refractivity contribution is 5.15. The summed E-state index contributed by atoms with van der Waals surface area (Å²) < 4.78 is 5.52. The fourth-order valence-electron chi connectivity index (χ4n) is 1.33. The highest BCUT2D eigenvalue weighted by Gasteiger charge is 1.92. The molecule has 2 heteroatoms. The molecule has 1 rings (SSSR count). The summed E-state index contributed by atoms with van der Waals surface area (Å²) in [5.74, 6) is 0.878. The number of rotatable bonds is 7. The van der Waals surface area contributed by atoms with E-state index in [1.165, 1.54) is 25.7 Å². The van der Waals surface area contributed by atoms with Gasteiger partial charge in [-0.3, -0.25) is 4.98 Å². The van der Waals surface area contributed by atoms with Gasteiger partial charge in [-0.25, -0.2) is 0 Å². The second-order valence-electron chi connectivity index (χ2n) is 3.45. The van der Waals surface area contributed by atoms with Gasteiger partial charge >= 0.3 is 0 Å². The van der Waals surface area contributed by atoms with E-state index in [0.29, 0.717) is 0 Å². The predicted octanol–water partition coefficient (Wildman–Crippen LogP) is 3.43. The minimum atomic E-state index is 0.815. The van der Waals surface area contributed by atoms with Crippen molar-refractivity contribution in [3.05, 3.63) is 24.5 Å². The Morgan fingerprint density at radius 3 is 2.79 bits per heavy atom. The van der Waals surface area contributed by atoms with Crippen LogP contribution in [0.1, 0.15) is 39.0 Å². The first kappa shape index (κ1) is 11.0. The molecular weight excluding hydrogens is 174 g/mol. The number of hydrogen-bond donors (Lipinski definition) is 0. The molecule has 0 aliphatic carbocycles. The van der Waals surface area contributed by atoms with E-state index in [2.05, 4.69) is 11.9 Å². The van der Waals surface area contributed by atoms with Crippen LogP contribution in [0.25, 0.3) is 0 Å². The van der Waals surface area contributed by atoms with Crippen molar-refractivity contribution in [3.63, 3.8) is 0 Å². The van der Waals surface area contributed by atoms with Gasteiger partial charge in [0.1, 0.15) is 5.75 Å². The number of hydrogen-bond acceptors (Lipinski definition) is 2. The van der Waals surface area contributed by atoms with Gasteiger partial charge in [0, 0.05) is 6.20 Å². The van der Waals surface area contributed by atoms with Gasteiger partial charge in [0.15, 0.2) is 0 Å². The summed E-state index contributed by atoms with van der Waals surface area (Å²) in [6.45, 7) is 3.04. The Morgan fingerprint density at radius 2 is 2.07 bits per heavy atom. The monoisotopic (exact) mass is 193 g/mol. The first-order chi connectivity index (χ1) is 6.93. The molecule has 0 amide bonds. The van der Waals surface area contributed by atoms with E-state index < -0.39 is 0 Å². The molecule has 0 unspecified atom stereocenters. The zero-order valence-corrected chi connectivity index (χ0v) is 8.91. The number of ether oxygens (including phenoxy) is 1. The van der Waals surface area contributed by atoms with Gasteiger partial charge in [0.25, 0.3) is 0 Å². The molecule has 0 atom stereocenters. The summed E-state index contributed by atoms with van der Waals surface area (Å²) in [6, 6.07) is 3.84. The number of aromatic nitrogens is 1. The minimum absolute atomic E-state index is 0.815. The molecule has 0 radical (unpaired) electrons. The Kier molecular flexibility index (Phi) is 5.80. The number of pyridine rings is 1. The molecule has 1 heterocycles. The summed E-state index contributed by atoms with van der Waals surface area (Å²) in [6.07, 6.45) is 9.90. The maximum Gasteiger partial charge on any atom is 0.137 e. The van der Waals surface area contributed by atoms with Crippen LogP contribution in [-0.4, -0.2) is 11.6 Å². The van der Waals surface area contributed by atoms with E-state index in [0.717, 1.165) is 18.8 Å². The molecule has 2 nitrogen and oxygen atoms in total. The van der Waals surface area contributed by atoms with E-state index in [1.807, 2.05) is 12.1 Å². The standard InChI is InChI=1S/C12H19NO/c1-2-3-4-5-6-10-14-12-8-7-9-13-11-12/h7-9,11H,2-6,10H2,1H3. The molecule has 0 saturated heterocycles. The average molecular weight is 193 g/mol. The minimum Gasteiger partial charge on any atom is -0.492 e. The average Bonchev–Trinajstić information content (AvgIpc) is 2.25. The van der Waals surface area contributed by atoms with Gasteiger partial charge in [0.05, 0.1) is 12.8 Å². The highest BCUT2D eigenvalue weighted by Crippen LogP contribution is 2.08. The van der Waals surface area contributed by atoms with Gasteiger partial charge < -0.3 is 4.74 Å².